The van der Waals surface area contributed by atoms with Crippen LogP contribution in [0.25, 0.3) is 0 Å². The molecule has 70 valence electrons. The van der Waals surface area contributed by atoms with Crippen molar-refractivity contribution in [3.63, 3.8) is 0 Å². The largest absolute Gasteiger partial charge is 0.396 e. The molecule has 0 heterocycles. The summed E-state index contributed by atoms with van der Waals surface area (Å²) in [6, 6.07) is 0. The maximum Gasteiger partial charge on any atom is 0.0576 e. The first-order valence-corrected chi connectivity index (χ1v) is 4.39. The topological polar surface area (TPSA) is 32.3 Å². The molecule has 0 aliphatic carbocycles. The molecule has 1 atom stereocenters. The molecule has 0 aliphatic rings. The lowest BCUT2D eigenvalue weighted by atomic mass is 9.89. The number of rotatable bonds is 5. The zero-order valence-electron chi connectivity index (χ0n) is 8.28. The Morgan fingerprint density at radius 3 is 2.58 bits per heavy atom. The lowest BCUT2D eigenvalue weighted by molar-refractivity contribution is 0.137. The Morgan fingerprint density at radius 2 is 2.17 bits per heavy atom. The van der Waals surface area contributed by atoms with Crippen LogP contribution in [0.4, 0.5) is 0 Å². The number of hydrogen-bond donors (Lipinski definition) is 2. The number of hydrogen-bond acceptors (Lipinski definition) is 2. The predicted octanol–water partition coefficient (Wildman–Crippen LogP) is 1.01. The van der Waals surface area contributed by atoms with Crippen LogP contribution >= 0.6 is 0 Å². The van der Waals surface area contributed by atoms with E-state index in [0.717, 1.165) is 13.0 Å². The van der Waals surface area contributed by atoms with Crippen molar-refractivity contribution in [1.82, 2.24) is 5.32 Å². The lowest BCUT2D eigenvalue weighted by Gasteiger charge is -2.25. The second kappa shape index (κ2) is 6.05. The molecule has 2 N–H and O–H groups in total. The van der Waals surface area contributed by atoms with Gasteiger partial charge in [-0.05, 0) is 13.3 Å². The van der Waals surface area contributed by atoms with Crippen molar-refractivity contribution in [3.05, 3.63) is 0 Å². The van der Waals surface area contributed by atoms with Crippen molar-refractivity contribution in [2.24, 2.45) is 5.41 Å². The Kier molecular flexibility index (Phi) is 5.79. The van der Waals surface area contributed by atoms with Gasteiger partial charge in [0.1, 0.15) is 0 Å². The Bertz CT molecular complexity index is 162. The summed E-state index contributed by atoms with van der Waals surface area (Å²) in [5, 5.41) is 12.3. The highest BCUT2D eigenvalue weighted by molar-refractivity contribution is 4.97. The van der Waals surface area contributed by atoms with Gasteiger partial charge in [0, 0.05) is 18.6 Å². The van der Waals surface area contributed by atoms with E-state index in [-0.39, 0.29) is 12.0 Å². The first-order valence-electron chi connectivity index (χ1n) is 4.39. The van der Waals surface area contributed by atoms with Crippen molar-refractivity contribution < 1.29 is 5.11 Å². The molecule has 12 heavy (non-hydrogen) atoms. The van der Waals surface area contributed by atoms with Gasteiger partial charge in [0.05, 0.1) is 6.54 Å². The summed E-state index contributed by atoms with van der Waals surface area (Å²) < 4.78 is 0. The molecule has 0 saturated carbocycles. The third-order valence-electron chi connectivity index (χ3n) is 2.18. The standard InChI is InChI=1S/C10H19NO/c1-4-6-7-11-8-10(3,5-2)9-12/h11-12H,5,7-9H2,1-3H3. The molecule has 2 nitrogen and oxygen atoms in total. The fourth-order valence-electron chi connectivity index (χ4n) is 0.808. The van der Waals surface area contributed by atoms with Gasteiger partial charge in [0.2, 0.25) is 0 Å². The van der Waals surface area contributed by atoms with Crippen LogP contribution in [0.1, 0.15) is 27.2 Å². The molecule has 2 heteroatoms. The van der Waals surface area contributed by atoms with Crippen molar-refractivity contribution in [2.75, 3.05) is 19.7 Å². The molecule has 1 unspecified atom stereocenters. The van der Waals surface area contributed by atoms with Crippen LogP contribution < -0.4 is 5.32 Å². The second-order valence-electron chi connectivity index (χ2n) is 3.35. The van der Waals surface area contributed by atoms with Gasteiger partial charge in [-0.25, -0.2) is 0 Å². The summed E-state index contributed by atoms with van der Waals surface area (Å²) >= 11 is 0. The average molecular weight is 169 g/mol. The molecule has 0 aromatic rings. The first-order chi connectivity index (χ1) is 5.68. The van der Waals surface area contributed by atoms with Gasteiger partial charge in [-0.1, -0.05) is 19.8 Å². The minimum atomic E-state index is 0.00935. The number of aliphatic hydroxyl groups is 1. The average Bonchev–Trinajstić information content (AvgIpc) is 2.12. The number of aliphatic hydroxyl groups excluding tert-OH is 1. The van der Waals surface area contributed by atoms with Crippen LogP contribution in [0.15, 0.2) is 0 Å². The minimum Gasteiger partial charge on any atom is -0.396 e. The molecule has 0 aliphatic heterocycles. The third kappa shape index (κ3) is 4.38. The van der Waals surface area contributed by atoms with Gasteiger partial charge < -0.3 is 10.4 Å². The van der Waals surface area contributed by atoms with E-state index in [4.69, 9.17) is 5.11 Å². The van der Waals surface area contributed by atoms with E-state index in [1.165, 1.54) is 0 Å². The van der Waals surface area contributed by atoms with E-state index in [1.807, 2.05) is 6.92 Å². The van der Waals surface area contributed by atoms with Gasteiger partial charge in [0.25, 0.3) is 0 Å². The van der Waals surface area contributed by atoms with E-state index in [2.05, 4.69) is 31.0 Å². The van der Waals surface area contributed by atoms with Crippen molar-refractivity contribution in [2.45, 2.75) is 27.2 Å². The van der Waals surface area contributed by atoms with E-state index in [9.17, 15) is 0 Å². The molecule has 0 spiro atoms. The third-order valence-corrected chi connectivity index (χ3v) is 2.18. The monoisotopic (exact) mass is 169 g/mol. The molecule has 0 fully saturated rings. The fraction of sp³-hybridized carbons (Fsp3) is 0.800. The molecule has 0 radical (unpaired) electrons. The quantitative estimate of drug-likeness (QED) is 0.475. The Morgan fingerprint density at radius 1 is 1.50 bits per heavy atom. The van der Waals surface area contributed by atoms with E-state index >= 15 is 0 Å². The van der Waals surface area contributed by atoms with Gasteiger partial charge in [-0.15, -0.1) is 5.92 Å². The van der Waals surface area contributed by atoms with Crippen molar-refractivity contribution in [1.29, 1.82) is 0 Å². The highest BCUT2D eigenvalue weighted by Crippen LogP contribution is 2.17. The van der Waals surface area contributed by atoms with Crippen LogP contribution in [0, 0.1) is 17.3 Å². The summed E-state index contributed by atoms with van der Waals surface area (Å²) in [6.07, 6.45) is 0.982. The highest BCUT2D eigenvalue weighted by atomic mass is 16.3. The SMILES string of the molecule is CC#CCNCC(C)(CC)CO. The number of nitrogens with one attached hydrogen (secondary N) is 1. The van der Waals surface area contributed by atoms with Crippen LogP contribution in [0.5, 0.6) is 0 Å². The zero-order chi connectivity index (χ0) is 9.45. The van der Waals surface area contributed by atoms with E-state index in [0.29, 0.717) is 6.54 Å². The van der Waals surface area contributed by atoms with Crippen molar-refractivity contribution >= 4 is 0 Å². The molecule has 0 amide bonds. The highest BCUT2D eigenvalue weighted by Gasteiger charge is 2.19. The predicted molar refractivity (Wildman–Crippen MR) is 51.8 cm³/mol. The lowest BCUT2D eigenvalue weighted by Crippen LogP contribution is -2.34. The molecule has 0 rings (SSSR count). The zero-order valence-corrected chi connectivity index (χ0v) is 8.28. The summed E-state index contributed by atoms with van der Waals surface area (Å²) in [5.74, 6) is 5.74. The molecule has 0 aromatic heterocycles. The van der Waals surface area contributed by atoms with Crippen LogP contribution in [-0.4, -0.2) is 24.8 Å². The molecular formula is C10H19NO. The summed E-state index contributed by atoms with van der Waals surface area (Å²) in [5.41, 5.74) is 0.00935. The summed E-state index contributed by atoms with van der Waals surface area (Å²) in [7, 11) is 0. The smallest absolute Gasteiger partial charge is 0.0576 e. The Hall–Kier alpha value is -0.520. The normalized spacial score (nSPS) is 14.7. The maximum atomic E-state index is 9.07. The Labute approximate surface area is 75.4 Å². The molecule has 0 bridgehead atoms. The van der Waals surface area contributed by atoms with Crippen LogP contribution in [0.3, 0.4) is 0 Å². The van der Waals surface area contributed by atoms with Crippen molar-refractivity contribution in [3.8, 4) is 11.8 Å². The van der Waals surface area contributed by atoms with E-state index < -0.39 is 0 Å². The van der Waals surface area contributed by atoms with Gasteiger partial charge in [-0.2, -0.15) is 0 Å². The first kappa shape index (κ1) is 11.5. The maximum absolute atomic E-state index is 9.07. The van der Waals surface area contributed by atoms with Gasteiger partial charge in [-0.3, -0.25) is 0 Å². The van der Waals surface area contributed by atoms with E-state index in [1.54, 1.807) is 0 Å². The summed E-state index contributed by atoms with van der Waals surface area (Å²) in [4.78, 5) is 0. The van der Waals surface area contributed by atoms with Crippen LogP contribution in [0.2, 0.25) is 0 Å². The second-order valence-corrected chi connectivity index (χ2v) is 3.35. The molecule has 0 saturated heterocycles. The minimum absolute atomic E-state index is 0.00935. The fourth-order valence-corrected chi connectivity index (χ4v) is 0.808. The van der Waals surface area contributed by atoms with Gasteiger partial charge in [0.15, 0.2) is 0 Å². The Balaban J connectivity index is 3.63. The molecule has 0 aromatic carbocycles. The van der Waals surface area contributed by atoms with Crippen LogP contribution in [-0.2, 0) is 0 Å². The molecular weight excluding hydrogens is 150 g/mol. The summed E-state index contributed by atoms with van der Waals surface area (Å²) in [6.45, 7) is 7.76. The van der Waals surface area contributed by atoms with Gasteiger partial charge >= 0.3 is 0 Å².